The average Bonchev–Trinajstić information content (AvgIpc) is 3.04. The zero-order chi connectivity index (χ0) is 16.9. The van der Waals surface area contributed by atoms with Gasteiger partial charge in [-0.2, -0.15) is 5.10 Å². The molecule has 3 aromatic rings. The number of aromatic amines is 1. The number of halogens is 1. The minimum Gasteiger partial charge on any atom is -0.484 e. The molecule has 124 valence electrons. The lowest BCUT2D eigenvalue weighted by molar-refractivity contribution is 0.285. The van der Waals surface area contributed by atoms with E-state index in [-0.39, 0.29) is 18.2 Å². The fourth-order valence-corrected chi connectivity index (χ4v) is 2.10. The topological polar surface area (TPSA) is 72.1 Å². The maximum atomic E-state index is 13.6. The standard InChI is InChI=1S/C17H17FN4O2/c1-11-3-5-14(18)15(7-11)24-10-13-8-16(22-21-13)20-12-4-6-17(23-2)19-9-12/h3-9H,10H2,1-2H3,(H2,20,21,22). The number of methoxy groups -OCH3 is 1. The van der Waals surface area contributed by atoms with E-state index in [1.807, 2.05) is 13.0 Å². The van der Waals surface area contributed by atoms with Crippen LogP contribution in [0, 0.1) is 12.7 Å². The highest BCUT2D eigenvalue weighted by Crippen LogP contribution is 2.21. The Morgan fingerprint density at radius 3 is 2.83 bits per heavy atom. The van der Waals surface area contributed by atoms with Gasteiger partial charge in [0.15, 0.2) is 17.4 Å². The summed E-state index contributed by atoms with van der Waals surface area (Å²) in [7, 11) is 1.56. The number of ether oxygens (including phenoxy) is 2. The number of hydrogen-bond acceptors (Lipinski definition) is 5. The fraction of sp³-hybridized carbons (Fsp3) is 0.176. The van der Waals surface area contributed by atoms with Gasteiger partial charge >= 0.3 is 0 Å². The lowest BCUT2D eigenvalue weighted by Gasteiger charge is -2.06. The van der Waals surface area contributed by atoms with E-state index in [0.29, 0.717) is 11.7 Å². The number of nitrogens with zero attached hydrogens (tertiary/aromatic N) is 2. The summed E-state index contributed by atoms with van der Waals surface area (Å²) in [6.45, 7) is 2.07. The number of anilines is 2. The van der Waals surface area contributed by atoms with Gasteiger partial charge in [0.1, 0.15) is 6.61 Å². The maximum Gasteiger partial charge on any atom is 0.213 e. The van der Waals surface area contributed by atoms with Crippen molar-refractivity contribution in [1.82, 2.24) is 15.2 Å². The second-order valence-electron chi connectivity index (χ2n) is 5.22. The molecule has 0 radical (unpaired) electrons. The summed E-state index contributed by atoms with van der Waals surface area (Å²) in [4.78, 5) is 4.11. The van der Waals surface area contributed by atoms with Gasteiger partial charge < -0.3 is 14.8 Å². The van der Waals surface area contributed by atoms with Crippen molar-refractivity contribution < 1.29 is 13.9 Å². The molecular weight excluding hydrogens is 311 g/mol. The quantitative estimate of drug-likeness (QED) is 0.723. The van der Waals surface area contributed by atoms with Crippen molar-refractivity contribution in [2.45, 2.75) is 13.5 Å². The number of H-pyrrole nitrogens is 1. The largest absolute Gasteiger partial charge is 0.484 e. The van der Waals surface area contributed by atoms with Crippen molar-refractivity contribution in [1.29, 1.82) is 0 Å². The van der Waals surface area contributed by atoms with Crippen molar-refractivity contribution in [3.63, 3.8) is 0 Å². The zero-order valence-corrected chi connectivity index (χ0v) is 13.3. The molecule has 0 bridgehead atoms. The number of hydrogen-bond donors (Lipinski definition) is 2. The molecule has 7 heteroatoms. The highest BCUT2D eigenvalue weighted by atomic mass is 19.1. The smallest absolute Gasteiger partial charge is 0.213 e. The first-order chi connectivity index (χ1) is 11.6. The zero-order valence-electron chi connectivity index (χ0n) is 13.3. The van der Waals surface area contributed by atoms with E-state index in [1.165, 1.54) is 6.07 Å². The molecule has 24 heavy (non-hydrogen) atoms. The monoisotopic (exact) mass is 328 g/mol. The van der Waals surface area contributed by atoms with Crippen LogP contribution in [0.3, 0.4) is 0 Å². The lowest BCUT2D eigenvalue weighted by atomic mass is 10.2. The molecular formula is C17H17FN4O2. The van der Waals surface area contributed by atoms with E-state index < -0.39 is 0 Å². The minimum absolute atomic E-state index is 0.190. The maximum absolute atomic E-state index is 13.6. The Labute approximate surface area is 138 Å². The van der Waals surface area contributed by atoms with Gasteiger partial charge in [-0.3, -0.25) is 5.10 Å². The van der Waals surface area contributed by atoms with Gasteiger partial charge in [0, 0.05) is 12.1 Å². The molecule has 0 saturated heterocycles. The molecule has 2 aromatic heterocycles. The van der Waals surface area contributed by atoms with Crippen LogP contribution >= 0.6 is 0 Å². The number of benzene rings is 1. The van der Waals surface area contributed by atoms with Gasteiger partial charge in [-0.1, -0.05) is 6.07 Å². The van der Waals surface area contributed by atoms with E-state index >= 15 is 0 Å². The molecule has 0 saturated carbocycles. The first-order valence-electron chi connectivity index (χ1n) is 7.34. The summed E-state index contributed by atoms with van der Waals surface area (Å²) < 4.78 is 24.1. The number of nitrogens with one attached hydrogen (secondary N) is 2. The summed E-state index contributed by atoms with van der Waals surface area (Å²) in [6.07, 6.45) is 1.64. The molecule has 0 unspecified atom stereocenters. The first-order valence-corrected chi connectivity index (χ1v) is 7.34. The molecule has 6 nitrogen and oxygen atoms in total. The van der Waals surface area contributed by atoms with Crippen molar-refractivity contribution in [2.75, 3.05) is 12.4 Å². The lowest BCUT2D eigenvalue weighted by Crippen LogP contribution is -1.98. The minimum atomic E-state index is -0.386. The highest BCUT2D eigenvalue weighted by Gasteiger charge is 2.06. The van der Waals surface area contributed by atoms with Crippen LogP contribution in [0.2, 0.25) is 0 Å². The normalized spacial score (nSPS) is 10.5. The van der Waals surface area contributed by atoms with Crippen LogP contribution in [0.15, 0.2) is 42.6 Å². The second-order valence-corrected chi connectivity index (χ2v) is 5.22. The Kier molecular flexibility index (Phi) is 4.60. The number of pyridine rings is 1. The van der Waals surface area contributed by atoms with Crippen LogP contribution in [-0.2, 0) is 6.61 Å². The van der Waals surface area contributed by atoms with Crippen LogP contribution in [-0.4, -0.2) is 22.3 Å². The molecule has 1 aromatic carbocycles. The predicted octanol–water partition coefficient (Wildman–Crippen LogP) is 3.58. The third kappa shape index (κ3) is 3.81. The van der Waals surface area contributed by atoms with Gasteiger partial charge in [-0.15, -0.1) is 0 Å². The third-order valence-electron chi connectivity index (χ3n) is 3.32. The van der Waals surface area contributed by atoms with E-state index in [4.69, 9.17) is 9.47 Å². The second kappa shape index (κ2) is 6.99. The van der Waals surface area contributed by atoms with Crippen LogP contribution in [0.5, 0.6) is 11.6 Å². The molecule has 0 aliphatic rings. The van der Waals surface area contributed by atoms with E-state index in [9.17, 15) is 4.39 Å². The first kappa shape index (κ1) is 15.8. The highest BCUT2D eigenvalue weighted by molar-refractivity contribution is 5.55. The molecule has 2 heterocycles. The molecule has 0 aliphatic carbocycles. The van der Waals surface area contributed by atoms with Crippen molar-refractivity contribution >= 4 is 11.5 Å². The van der Waals surface area contributed by atoms with Gasteiger partial charge in [0.2, 0.25) is 5.88 Å². The van der Waals surface area contributed by atoms with Gasteiger partial charge in [0.25, 0.3) is 0 Å². The summed E-state index contributed by atoms with van der Waals surface area (Å²) in [5.74, 6) is 0.989. The molecule has 0 spiro atoms. The summed E-state index contributed by atoms with van der Waals surface area (Å²) in [5.41, 5.74) is 2.43. The Bertz CT molecular complexity index is 818. The Morgan fingerprint density at radius 1 is 1.21 bits per heavy atom. The Morgan fingerprint density at radius 2 is 2.08 bits per heavy atom. The number of aromatic nitrogens is 3. The number of aryl methyl sites for hydroxylation is 1. The number of rotatable bonds is 6. The van der Waals surface area contributed by atoms with E-state index in [1.54, 1.807) is 37.6 Å². The SMILES string of the molecule is COc1ccc(Nc2cc(COc3cc(C)ccc3F)[nH]n2)cn1. The Balaban J connectivity index is 1.61. The molecule has 0 amide bonds. The summed E-state index contributed by atoms with van der Waals surface area (Å²) in [5, 5.41) is 10.1. The molecule has 3 rings (SSSR count). The summed E-state index contributed by atoms with van der Waals surface area (Å²) >= 11 is 0. The molecule has 0 aliphatic heterocycles. The average molecular weight is 328 g/mol. The third-order valence-corrected chi connectivity index (χ3v) is 3.32. The summed E-state index contributed by atoms with van der Waals surface area (Å²) in [6, 6.07) is 10.1. The van der Waals surface area contributed by atoms with Crippen LogP contribution in [0.25, 0.3) is 0 Å². The molecule has 2 N–H and O–H groups in total. The van der Waals surface area contributed by atoms with Crippen molar-refractivity contribution in [2.24, 2.45) is 0 Å². The molecule has 0 atom stereocenters. The van der Waals surface area contributed by atoms with Crippen LogP contribution < -0.4 is 14.8 Å². The van der Waals surface area contributed by atoms with Crippen molar-refractivity contribution in [3.8, 4) is 11.6 Å². The fourth-order valence-electron chi connectivity index (χ4n) is 2.10. The van der Waals surface area contributed by atoms with Gasteiger partial charge in [-0.05, 0) is 30.7 Å². The van der Waals surface area contributed by atoms with Crippen molar-refractivity contribution in [3.05, 3.63) is 59.7 Å². The van der Waals surface area contributed by atoms with Gasteiger partial charge in [-0.25, -0.2) is 9.37 Å². The Hall–Kier alpha value is -3.09. The van der Waals surface area contributed by atoms with Crippen LogP contribution in [0.4, 0.5) is 15.9 Å². The predicted molar refractivity (Wildman–Crippen MR) is 88.1 cm³/mol. The van der Waals surface area contributed by atoms with Crippen LogP contribution in [0.1, 0.15) is 11.3 Å². The van der Waals surface area contributed by atoms with Gasteiger partial charge in [0.05, 0.1) is 24.7 Å². The van der Waals surface area contributed by atoms with E-state index in [0.717, 1.165) is 16.9 Å². The molecule has 0 fully saturated rings. The van der Waals surface area contributed by atoms with E-state index in [2.05, 4.69) is 20.5 Å².